The Labute approximate surface area is 103 Å². The fraction of sp³-hybridized carbons (Fsp3) is 0.273. The highest BCUT2D eigenvalue weighted by atomic mass is 16.7. The van der Waals surface area contributed by atoms with Crippen molar-refractivity contribution < 1.29 is 19.2 Å². The largest absolute Gasteiger partial charge is 0.513 e. The summed E-state index contributed by atoms with van der Waals surface area (Å²) in [6, 6.07) is 6.95. The third-order valence-electron chi connectivity index (χ3n) is 1.90. The average Bonchev–Trinajstić information content (AvgIpc) is 2.35. The Morgan fingerprint density at radius 1 is 1.39 bits per heavy atom. The minimum Gasteiger partial charge on any atom is -0.434 e. The number of ether oxygens (including phenoxy) is 2. The predicted octanol–water partition coefficient (Wildman–Crippen LogP) is 2.41. The van der Waals surface area contributed by atoms with Crippen molar-refractivity contribution in [3.05, 3.63) is 34.4 Å². The standard InChI is InChI=1S/C11H10N2O5/c12-7-1-2-8-17-11(14)18-10-5-3-9(4-6-10)13(15)16/h3-6H,1-2,8H2. The molecular formula is C11H10N2O5. The summed E-state index contributed by atoms with van der Waals surface area (Å²) in [5, 5.41) is 18.6. The summed E-state index contributed by atoms with van der Waals surface area (Å²) in [5.41, 5.74) is -0.0928. The number of nitro groups is 1. The number of nitriles is 1. The molecule has 0 bridgehead atoms. The van der Waals surface area contributed by atoms with Gasteiger partial charge in [-0.3, -0.25) is 10.1 Å². The van der Waals surface area contributed by atoms with Crippen molar-refractivity contribution in [2.45, 2.75) is 12.8 Å². The zero-order chi connectivity index (χ0) is 13.4. The van der Waals surface area contributed by atoms with Crippen molar-refractivity contribution in [2.24, 2.45) is 0 Å². The maximum atomic E-state index is 11.1. The van der Waals surface area contributed by atoms with Gasteiger partial charge in [0.2, 0.25) is 0 Å². The fourth-order valence-corrected chi connectivity index (χ4v) is 1.07. The minimum atomic E-state index is -0.901. The van der Waals surface area contributed by atoms with Gasteiger partial charge in [-0.1, -0.05) is 0 Å². The van der Waals surface area contributed by atoms with Crippen molar-refractivity contribution >= 4 is 11.8 Å². The van der Waals surface area contributed by atoms with Gasteiger partial charge in [0.05, 0.1) is 17.6 Å². The second-order valence-electron chi connectivity index (χ2n) is 3.21. The molecule has 0 aliphatic carbocycles. The number of nitro benzene ring substituents is 1. The first-order valence-corrected chi connectivity index (χ1v) is 5.09. The molecule has 0 saturated heterocycles. The summed E-state index contributed by atoms with van der Waals surface area (Å²) in [7, 11) is 0. The highest BCUT2D eigenvalue weighted by molar-refractivity contribution is 5.63. The van der Waals surface area contributed by atoms with E-state index >= 15 is 0 Å². The first-order valence-electron chi connectivity index (χ1n) is 5.09. The number of hydrogen-bond donors (Lipinski definition) is 0. The minimum absolute atomic E-state index is 0.0928. The molecule has 0 atom stereocenters. The Kier molecular flexibility index (Phi) is 5.12. The second kappa shape index (κ2) is 6.85. The quantitative estimate of drug-likeness (QED) is 0.261. The van der Waals surface area contributed by atoms with E-state index in [2.05, 4.69) is 4.74 Å². The number of benzene rings is 1. The number of nitrogens with zero attached hydrogens (tertiary/aromatic N) is 2. The summed E-state index contributed by atoms with van der Waals surface area (Å²) in [6.45, 7) is 0.0966. The molecule has 0 N–H and O–H groups in total. The Hall–Kier alpha value is -2.62. The third-order valence-corrected chi connectivity index (χ3v) is 1.90. The zero-order valence-electron chi connectivity index (χ0n) is 9.37. The molecule has 1 aromatic rings. The lowest BCUT2D eigenvalue weighted by Crippen LogP contribution is -2.11. The van der Waals surface area contributed by atoms with Crippen molar-refractivity contribution in [3.8, 4) is 11.8 Å². The number of rotatable bonds is 5. The van der Waals surface area contributed by atoms with Crippen LogP contribution in [0.25, 0.3) is 0 Å². The van der Waals surface area contributed by atoms with E-state index in [0.717, 1.165) is 0 Å². The van der Waals surface area contributed by atoms with Crippen LogP contribution in [0.15, 0.2) is 24.3 Å². The maximum absolute atomic E-state index is 11.1. The summed E-state index contributed by atoms with van der Waals surface area (Å²) in [6.07, 6.45) is -0.168. The molecule has 1 aromatic carbocycles. The molecule has 1 rings (SSSR count). The Morgan fingerprint density at radius 2 is 2.06 bits per heavy atom. The van der Waals surface area contributed by atoms with E-state index < -0.39 is 11.1 Å². The first-order chi connectivity index (χ1) is 8.63. The number of hydrogen-bond acceptors (Lipinski definition) is 6. The Bertz CT molecular complexity index is 463. The molecule has 0 saturated carbocycles. The summed E-state index contributed by atoms with van der Waals surface area (Å²) in [5.74, 6) is 0.158. The van der Waals surface area contributed by atoms with Crippen LogP contribution >= 0.6 is 0 Å². The fourth-order valence-electron chi connectivity index (χ4n) is 1.07. The van der Waals surface area contributed by atoms with Gasteiger partial charge < -0.3 is 9.47 Å². The van der Waals surface area contributed by atoms with Crippen molar-refractivity contribution in [1.82, 2.24) is 0 Å². The molecule has 0 spiro atoms. The monoisotopic (exact) mass is 250 g/mol. The van der Waals surface area contributed by atoms with Gasteiger partial charge in [-0.25, -0.2) is 4.79 Å². The van der Waals surface area contributed by atoms with Gasteiger partial charge in [0.15, 0.2) is 0 Å². The lowest BCUT2D eigenvalue weighted by atomic mass is 10.3. The van der Waals surface area contributed by atoms with Gasteiger partial charge in [-0.15, -0.1) is 0 Å². The van der Waals surface area contributed by atoms with E-state index in [-0.39, 0.29) is 18.0 Å². The number of carbonyl (C=O) groups excluding carboxylic acids is 1. The number of unbranched alkanes of at least 4 members (excludes halogenated alkanes) is 1. The molecule has 7 nitrogen and oxygen atoms in total. The van der Waals surface area contributed by atoms with Gasteiger partial charge >= 0.3 is 6.16 Å². The van der Waals surface area contributed by atoms with Gasteiger partial charge in [-0.2, -0.15) is 5.26 Å². The number of carbonyl (C=O) groups is 1. The van der Waals surface area contributed by atoms with E-state index in [1.165, 1.54) is 24.3 Å². The molecule has 18 heavy (non-hydrogen) atoms. The van der Waals surface area contributed by atoms with E-state index in [1.807, 2.05) is 6.07 Å². The third kappa shape index (κ3) is 4.49. The summed E-state index contributed by atoms with van der Waals surface area (Å²) >= 11 is 0. The molecule has 94 valence electrons. The van der Waals surface area contributed by atoms with E-state index in [4.69, 9.17) is 10.00 Å². The maximum Gasteiger partial charge on any atom is 0.513 e. The highest BCUT2D eigenvalue weighted by Gasteiger charge is 2.08. The average molecular weight is 250 g/mol. The van der Waals surface area contributed by atoms with Crippen LogP contribution < -0.4 is 4.74 Å². The van der Waals surface area contributed by atoms with Gasteiger partial charge in [0, 0.05) is 18.6 Å². The van der Waals surface area contributed by atoms with Gasteiger partial charge in [-0.05, 0) is 18.6 Å². The van der Waals surface area contributed by atoms with Crippen molar-refractivity contribution in [2.75, 3.05) is 6.61 Å². The molecular weight excluding hydrogens is 240 g/mol. The zero-order valence-corrected chi connectivity index (χ0v) is 9.37. The van der Waals surface area contributed by atoms with Gasteiger partial charge in [0.1, 0.15) is 5.75 Å². The molecule has 0 unspecified atom stereocenters. The first kappa shape index (κ1) is 13.4. The van der Waals surface area contributed by atoms with Crippen LogP contribution in [-0.4, -0.2) is 17.7 Å². The van der Waals surface area contributed by atoms with Crippen LogP contribution in [-0.2, 0) is 4.74 Å². The van der Waals surface area contributed by atoms with Crippen LogP contribution in [0.4, 0.5) is 10.5 Å². The molecule has 0 aliphatic heterocycles. The van der Waals surface area contributed by atoms with E-state index in [1.54, 1.807) is 0 Å². The molecule has 0 amide bonds. The molecule has 0 aliphatic rings. The highest BCUT2D eigenvalue weighted by Crippen LogP contribution is 2.17. The van der Waals surface area contributed by atoms with Crippen LogP contribution in [0.3, 0.4) is 0 Å². The van der Waals surface area contributed by atoms with Crippen LogP contribution in [0.1, 0.15) is 12.8 Å². The van der Waals surface area contributed by atoms with Gasteiger partial charge in [0.25, 0.3) is 5.69 Å². The van der Waals surface area contributed by atoms with Crippen LogP contribution in [0, 0.1) is 21.4 Å². The lowest BCUT2D eigenvalue weighted by Gasteiger charge is -2.04. The number of non-ortho nitro benzene ring substituents is 1. The predicted molar refractivity (Wildman–Crippen MR) is 59.9 cm³/mol. The lowest BCUT2D eigenvalue weighted by molar-refractivity contribution is -0.384. The Balaban J connectivity index is 2.40. The SMILES string of the molecule is N#CCCCOC(=O)Oc1ccc([N+](=O)[O-])cc1. The molecule has 0 heterocycles. The molecule has 7 heteroatoms. The second-order valence-corrected chi connectivity index (χ2v) is 3.21. The smallest absolute Gasteiger partial charge is 0.434 e. The van der Waals surface area contributed by atoms with Crippen molar-refractivity contribution in [3.63, 3.8) is 0 Å². The summed E-state index contributed by atoms with van der Waals surface area (Å²) < 4.78 is 9.44. The van der Waals surface area contributed by atoms with Crippen LogP contribution in [0.2, 0.25) is 0 Å². The summed E-state index contributed by atoms with van der Waals surface area (Å²) in [4.78, 5) is 21.0. The molecule has 0 aromatic heterocycles. The molecule has 0 radical (unpaired) electrons. The Morgan fingerprint density at radius 3 is 2.61 bits per heavy atom. The normalized spacial score (nSPS) is 9.28. The molecule has 0 fully saturated rings. The van der Waals surface area contributed by atoms with Crippen molar-refractivity contribution in [1.29, 1.82) is 5.26 Å². The van der Waals surface area contributed by atoms with E-state index in [9.17, 15) is 14.9 Å². The van der Waals surface area contributed by atoms with E-state index in [0.29, 0.717) is 12.8 Å². The van der Waals surface area contributed by atoms with Crippen LogP contribution in [0.5, 0.6) is 5.75 Å². The topological polar surface area (TPSA) is 102 Å².